The summed E-state index contributed by atoms with van der Waals surface area (Å²) in [4.78, 5) is 26.4. The van der Waals surface area contributed by atoms with E-state index in [4.69, 9.17) is 13.9 Å². The van der Waals surface area contributed by atoms with Crippen LogP contribution < -0.4 is 5.32 Å². The van der Waals surface area contributed by atoms with Crippen molar-refractivity contribution in [3.63, 3.8) is 0 Å². The zero-order chi connectivity index (χ0) is 30.0. The van der Waals surface area contributed by atoms with Crippen LogP contribution in [-0.2, 0) is 24.3 Å². The van der Waals surface area contributed by atoms with Gasteiger partial charge in [0.2, 0.25) is 5.91 Å². The third kappa shape index (κ3) is 6.08. The molecule has 2 aliphatic rings. The van der Waals surface area contributed by atoms with Crippen LogP contribution in [0.5, 0.6) is 0 Å². The summed E-state index contributed by atoms with van der Waals surface area (Å²) in [6, 6.07) is 30.3. The number of ether oxygens (including phenoxy) is 2. The molecule has 3 unspecified atom stereocenters. The van der Waals surface area contributed by atoms with Gasteiger partial charge in [0.15, 0.2) is 14.5 Å². The van der Waals surface area contributed by atoms with Crippen LogP contribution in [0.2, 0.25) is 18.1 Å². The van der Waals surface area contributed by atoms with Crippen LogP contribution in [0.4, 0.5) is 4.79 Å². The molecule has 2 aliphatic heterocycles. The Morgan fingerprint density at radius 1 is 0.857 bits per heavy atom. The summed E-state index contributed by atoms with van der Waals surface area (Å²) in [6.07, 6.45) is -0.466. The number of amides is 3. The van der Waals surface area contributed by atoms with E-state index in [1.54, 1.807) is 4.90 Å². The maximum absolute atomic E-state index is 12.9. The molecule has 8 heteroatoms. The van der Waals surface area contributed by atoms with E-state index in [-0.39, 0.29) is 36.2 Å². The fourth-order valence-electron chi connectivity index (χ4n) is 5.57. The number of imide groups is 1. The number of hydrogen-bond donors (Lipinski definition) is 1. The summed E-state index contributed by atoms with van der Waals surface area (Å²) < 4.78 is 20.5. The van der Waals surface area contributed by atoms with Gasteiger partial charge in [0.05, 0.1) is 18.8 Å². The zero-order valence-electron chi connectivity index (χ0n) is 25.2. The third-order valence-corrected chi connectivity index (χ3v) is 13.3. The van der Waals surface area contributed by atoms with E-state index in [9.17, 15) is 9.59 Å². The van der Waals surface area contributed by atoms with Gasteiger partial charge in [-0.1, -0.05) is 112 Å². The molecule has 2 saturated heterocycles. The first-order valence-corrected chi connectivity index (χ1v) is 17.7. The molecule has 0 bridgehead atoms. The van der Waals surface area contributed by atoms with E-state index in [2.05, 4.69) is 75.6 Å². The quantitative estimate of drug-likeness (QED) is 0.231. The number of rotatable bonds is 9. The number of benzene rings is 3. The Morgan fingerprint density at radius 2 is 1.36 bits per heavy atom. The number of hydrogen-bond acceptors (Lipinski definition) is 5. The van der Waals surface area contributed by atoms with Gasteiger partial charge in [0.1, 0.15) is 5.60 Å². The van der Waals surface area contributed by atoms with Crippen LogP contribution in [-0.4, -0.2) is 56.7 Å². The summed E-state index contributed by atoms with van der Waals surface area (Å²) in [6.45, 7) is 11.6. The van der Waals surface area contributed by atoms with Gasteiger partial charge in [-0.2, -0.15) is 0 Å². The SMILES string of the molecule is CC(C)(C)[Si](C)(C)OC1CC(COC(c2ccccc2)(c2ccccc2)c2ccccc2)OC1N1CCC(=O)NC1=O. The molecular formula is C34H42N2O5Si. The van der Waals surface area contributed by atoms with Crippen LogP contribution in [0, 0.1) is 0 Å². The second-order valence-electron chi connectivity index (χ2n) is 12.7. The van der Waals surface area contributed by atoms with Crippen molar-refractivity contribution in [3.05, 3.63) is 108 Å². The maximum Gasteiger partial charge on any atom is 0.326 e. The average molecular weight is 587 g/mol. The van der Waals surface area contributed by atoms with Gasteiger partial charge in [-0.25, -0.2) is 4.79 Å². The summed E-state index contributed by atoms with van der Waals surface area (Å²) in [5, 5.41) is 2.43. The minimum absolute atomic E-state index is 0.0185. The van der Waals surface area contributed by atoms with Gasteiger partial charge < -0.3 is 13.9 Å². The molecule has 222 valence electrons. The van der Waals surface area contributed by atoms with Crippen LogP contribution in [0.15, 0.2) is 91.0 Å². The maximum atomic E-state index is 12.9. The Bertz CT molecular complexity index is 1260. The first kappa shape index (κ1) is 30.2. The fourth-order valence-corrected chi connectivity index (χ4v) is 6.89. The van der Waals surface area contributed by atoms with E-state index in [1.165, 1.54) is 0 Å². The lowest BCUT2D eigenvalue weighted by atomic mass is 9.80. The van der Waals surface area contributed by atoms with Crippen molar-refractivity contribution in [2.75, 3.05) is 13.2 Å². The van der Waals surface area contributed by atoms with Crippen molar-refractivity contribution in [1.82, 2.24) is 10.2 Å². The van der Waals surface area contributed by atoms with Gasteiger partial charge in [0, 0.05) is 19.4 Å². The second-order valence-corrected chi connectivity index (χ2v) is 17.4. The highest BCUT2D eigenvalue weighted by molar-refractivity contribution is 6.74. The van der Waals surface area contributed by atoms with E-state index < -0.39 is 26.2 Å². The molecule has 7 nitrogen and oxygen atoms in total. The highest BCUT2D eigenvalue weighted by Crippen LogP contribution is 2.43. The van der Waals surface area contributed by atoms with Crippen molar-refractivity contribution < 1.29 is 23.5 Å². The molecule has 1 N–H and O–H groups in total. The van der Waals surface area contributed by atoms with Crippen molar-refractivity contribution >= 4 is 20.3 Å². The summed E-state index contributed by atoms with van der Waals surface area (Å²) in [7, 11) is -2.20. The van der Waals surface area contributed by atoms with Crippen molar-refractivity contribution in [2.45, 2.75) is 75.8 Å². The summed E-state index contributed by atoms with van der Waals surface area (Å²) >= 11 is 0. The summed E-state index contributed by atoms with van der Waals surface area (Å²) in [5.41, 5.74) is 2.16. The molecular weight excluding hydrogens is 544 g/mol. The molecule has 0 saturated carbocycles. The Balaban J connectivity index is 1.48. The molecule has 3 atom stereocenters. The van der Waals surface area contributed by atoms with E-state index >= 15 is 0 Å². The van der Waals surface area contributed by atoms with Gasteiger partial charge in [-0.15, -0.1) is 0 Å². The van der Waals surface area contributed by atoms with Crippen LogP contribution in [0.1, 0.15) is 50.3 Å². The lowest BCUT2D eigenvalue weighted by Crippen LogP contribution is -2.58. The first-order valence-electron chi connectivity index (χ1n) is 14.8. The number of urea groups is 1. The topological polar surface area (TPSA) is 77.1 Å². The molecule has 0 aromatic heterocycles. The van der Waals surface area contributed by atoms with Crippen molar-refractivity contribution in [2.24, 2.45) is 0 Å². The van der Waals surface area contributed by atoms with Gasteiger partial charge in [-0.05, 0) is 34.8 Å². The smallest absolute Gasteiger partial charge is 0.326 e. The molecule has 3 aromatic rings. The van der Waals surface area contributed by atoms with E-state index in [0.29, 0.717) is 13.0 Å². The van der Waals surface area contributed by atoms with Crippen molar-refractivity contribution in [3.8, 4) is 0 Å². The Hall–Kier alpha value is -3.30. The van der Waals surface area contributed by atoms with E-state index in [0.717, 1.165) is 16.7 Å². The molecule has 2 heterocycles. The van der Waals surface area contributed by atoms with Gasteiger partial charge >= 0.3 is 6.03 Å². The minimum Gasteiger partial charge on any atom is -0.409 e. The summed E-state index contributed by atoms with van der Waals surface area (Å²) in [5.74, 6) is -0.269. The third-order valence-electron chi connectivity index (χ3n) is 8.82. The predicted molar refractivity (Wildman–Crippen MR) is 165 cm³/mol. The highest BCUT2D eigenvalue weighted by atomic mass is 28.4. The fraction of sp³-hybridized carbons (Fsp3) is 0.412. The molecule has 3 aromatic carbocycles. The molecule has 0 spiro atoms. The number of carbonyl (C=O) groups is 2. The van der Waals surface area contributed by atoms with Crippen molar-refractivity contribution in [1.29, 1.82) is 0 Å². The Morgan fingerprint density at radius 3 is 1.81 bits per heavy atom. The van der Waals surface area contributed by atoms with E-state index in [1.807, 2.05) is 54.6 Å². The molecule has 3 amide bonds. The lowest BCUT2D eigenvalue weighted by Gasteiger charge is -2.41. The van der Waals surface area contributed by atoms with Crippen LogP contribution in [0.25, 0.3) is 0 Å². The molecule has 42 heavy (non-hydrogen) atoms. The normalized spacial score (nSPS) is 21.8. The number of carbonyl (C=O) groups excluding carboxylic acids is 2. The largest absolute Gasteiger partial charge is 0.409 e. The Kier molecular flexibility index (Phi) is 8.71. The second kappa shape index (κ2) is 12.1. The predicted octanol–water partition coefficient (Wildman–Crippen LogP) is 6.44. The molecule has 2 fully saturated rings. The van der Waals surface area contributed by atoms with Gasteiger partial charge in [0.25, 0.3) is 0 Å². The highest BCUT2D eigenvalue weighted by Gasteiger charge is 2.49. The minimum atomic E-state index is -2.20. The first-order chi connectivity index (χ1) is 20.0. The zero-order valence-corrected chi connectivity index (χ0v) is 26.2. The monoisotopic (exact) mass is 586 g/mol. The number of nitrogens with one attached hydrogen (secondary N) is 1. The van der Waals surface area contributed by atoms with Gasteiger partial charge in [-0.3, -0.25) is 15.0 Å². The molecule has 5 rings (SSSR count). The lowest BCUT2D eigenvalue weighted by molar-refractivity contribution is -0.127. The molecule has 0 radical (unpaired) electrons. The van der Waals surface area contributed by atoms with Crippen LogP contribution in [0.3, 0.4) is 0 Å². The average Bonchev–Trinajstić information content (AvgIpc) is 3.36. The van der Waals surface area contributed by atoms with Crippen LogP contribution >= 0.6 is 0 Å². The molecule has 0 aliphatic carbocycles. The number of nitrogens with zero attached hydrogens (tertiary/aromatic N) is 1. The standard InChI is InChI=1S/C34H42N2O5Si/c1-33(2,3)42(4,5)41-29-23-28(40-31(29)36-22-21-30(37)35-32(36)38)24-39-34(25-15-9-6-10-16-25,26-17-11-7-12-18-26)27-19-13-8-14-20-27/h6-20,28-29,31H,21-24H2,1-5H3,(H,35,37,38). The Labute approximate surface area is 250 Å².